The van der Waals surface area contributed by atoms with Gasteiger partial charge in [-0.05, 0) is 68.6 Å². The lowest BCUT2D eigenvalue weighted by atomic mass is 10.0. The van der Waals surface area contributed by atoms with E-state index in [1.165, 1.54) is 0 Å². The third-order valence-corrected chi connectivity index (χ3v) is 7.61. The van der Waals surface area contributed by atoms with Gasteiger partial charge < -0.3 is 16.0 Å². The van der Waals surface area contributed by atoms with Crippen molar-refractivity contribution < 1.29 is 4.79 Å². The second-order valence-electron chi connectivity index (χ2n) is 8.80. The van der Waals surface area contributed by atoms with Crippen molar-refractivity contribution in [2.75, 3.05) is 36.4 Å². The standard InChI is InChI=1S/C24H29Cl3N4O/c1-15(20-4-2-17(25)12-22(20)27)29-23-13-19(3-5-21(23)26)30-10-7-18(8-11-30)31-9-6-16(14-31)24(28)32/h2-5,12-13,15-16,18,29H,6-11,14H2,1H3,(H2,28,32)/t15-,16?/m1/s1. The fraction of sp³-hybridized carbons (Fsp3) is 0.458. The van der Waals surface area contributed by atoms with E-state index < -0.39 is 0 Å². The van der Waals surface area contributed by atoms with Crippen LogP contribution in [0.5, 0.6) is 0 Å². The lowest BCUT2D eigenvalue weighted by Crippen LogP contribution is -2.44. The number of rotatable bonds is 6. The van der Waals surface area contributed by atoms with Crippen molar-refractivity contribution in [3.8, 4) is 0 Å². The zero-order chi connectivity index (χ0) is 22.8. The topological polar surface area (TPSA) is 61.6 Å². The molecule has 2 saturated heterocycles. The maximum atomic E-state index is 11.5. The van der Waals surface area contributed by atoms with Crippen LogP contribution in [0.15, 0.2) is 36.4 Å². The zero-order valence-corrected chi connectivity index (χ0v) is 20.4. The van der Waals surface area contributed by atoms with Crippen LogP contribution in [0, 0.1) is 5.92 Å². The van der Waals surface area contributed by atoms with Crippen LogP contribution in [-0.2, 0) is 4.79 Å². The summed E-state index contributed by atoms with van der Waals surface area (Å²) in [5.74, 6) is -0.158. The van der Waals surface area contributed by atoms with Crippen LogP contribution in [0.4, 0.5) is 11.4 Å². The number of carbonyl (C=O) groups is 1. The zero-order valence-electron chi connectivity index (χ0n) is 18.2. The Hall–Kier alpha value is -1.66. The number of benzene rings is 2. The molecule has 1 amide bonds. The molecular formula is C24H29Cl3N4O. The van der Waals surface area contributed by atoms with E-state index in [0.717, 1.165) is 62.4 Å². The summed E-state index contributed by atoms with van der Waals surface area (Å²) in [7, 11) is 0. The van der Waals surface area contributed by atoms with Gasteiger partial charge in [-0.3, -0.25) is 9.69 Å². The molecule has 2 aromatic rings. The molecule has 5 nitrogen and oxygen atoms in total. The second kappa shape index (κ2) is 10.1. The van der Waals surface area contributed by atoms with Crippen LogP contribution in [0.25, 0.3) is 0 Å². The van der Waals surface area contributed by atoms with Gasteiger partial charge in [0.1, 0.15) is 0 Å². The molecule has 0 aliphatic carbocycles. The first-order valence-corrected chi connectivity index (χ1v) is 12.2. The van der Waals surface area contributed by atoms with Crippen LogP contribution < -0.4 is 16.0 Å². The van der Waals surface area contributed by atoms with Crippen LogP contribution in [0.1, 0.15) is 37.8 Å². The van der Waals surface area contributed by atoms with Crippen LogP contribution in [0.3, 0.4) is 0 Å². The minimum Gasteiger partial charge on any atom is -0.377 e. The van der Waals surface area contributed by atoms with E-state index >= 15 is 0 Å². The largest absolute Gasteiger partial charge is 0.377 e. The Kier molecular flexibility index (Phi) is 7.40. The number of nitrogens with two attached hydrogens (primary N) is 1. The molecule has 2 aliphatic heterocycles. The van der Waals surface area contributed by atoms with Gasteiger partial charge in [0.15, 0.2) is 0 Å². The molecule has 2 atom stereocenters. The monoisotopic (exact) mass is 494 g/mol. The predicted molar refractivity (Wildman–Crippen MR) is 134 cm³/mol. The average Bonchev–Trinajstić information content (AvgIpc) is 3.26. The number of likely N-dealkylation sites (tertiary alicyclic amines) is 1. The first kappa shape index (κ1) is 23.5. The molecule has 4 rings (SSSR count). The number of piperidine rings is 1. The average molecular weight is 496 g/mol. The van der Waals surface area contributed by atoms with Crippen molar-refractivity contribution in [2.24, 2.45) is 11.7 Å². The van der Waals surface area contributed by atoms with Gasteiger partial charge in [-0.25, -0.2) is 0 Å². The second-order valence-corrected chi connectivity index (χ2v) is 10.0. The van der Waals surface area contributed by atoms with Gasteiger partial charge >= 0.3 is 0 Å². The third kappa shape index (κ3) is 5.28. The summed E-state index contributed by atoms with van der Waals surface area (Å²) in [6, 6.07) is 12.2. The van der Waals surface area contributed by atoms with Gasteiger partial charge in [0, 0.05) is 41.4 Å². The molecule has 3 N–H and O–H groups in total. The molecule has 2 aliphatic rings. The van der Waals surface area contributed by atoms with Gasteiger partial charge in [0.05, 0.1) is 22.7 Å². The molecule has 2 aromatic carbocycles. The fourth-order valence-corrected chi connectivity index (χ4v) is 5.57. The number of primary amides is 1. The van der Waals surface area contributed by atoms with Gasteiger partial charge in [-0.1, -0.05) is 40.9 Å². The number of halogens is 3. The summed E-state index contributed by atoms with van der Waals surface area (Å²) < 4.78 is 0. The van der Waals surface area contributed by atoms with Gasteiger partial charge in [-0.15, -0.1) is 0 Å². The van der Waals surface area contributed by atoms with E-state index in [1.807, 2.05) is 18.2 Å². The highest BCUT2D eigenvalue weighted by Crippen LogP contribution is 2.34. The van der Waals surface area contributed by atoms with Crippen molar-refractivity contribution in [3.63, 3.8) is 0 Å². The van der Waals surface area contributed by atoms with Crippen molar-refractivity contribution in [1.29, 1.82) is 0 Å². The molecule has 1 unspecified atom stereocenters. The fourth-order valence-electron chi connectivity index (χ4n) is 4.82. The normalized spacial score (nSPS) is 21.0. The summed E-state index contributed by atoms with van der Waals surface area (Å²) in [5, 5.41) is 5.42. The molecule has 172 valence electrons. The van der Waals surface area contributed by atoms with Crippen molar-refractivity contribution in [1.82, 2.24) is 4.90 Å². The molecule has 0 spiro atoms. The summed E-state index contributed by atoms with van der Waals surface area (Å²) in [5.41, 5.74) is 8.50. The van der Waals surface area contributed by atoms with Gasteiger partial charge in [0.2, 0.25) is 5.91 Å². The Labute approximate surface area is 204 Å². The number of amides is 1. The molecule has 32 heavy (non-hydrogen) atoms. The highest BCUT2D eigenvalue weighted by molar-refractivity contribution is 6.35. The SMILES string of the molecule is C[C@@H](Nc1cc(N2CCC(N3CCC(C(N)=O)C3)CC2)ccc1Cl)c1ccc(Cl)cc1Cl. The van der Waals surface area contributed by atoms with Crippen LogP contribution in [-0.4, -0.2) is 43.0 Å². The highest BCUT2D eigenvalue weighted by Gasteiger charge is 2.33. The van der Waals surface area contributed by atoms with Crippen molar-refractivity contribution in [3.05, 3.63) is 57.0 Å². The number of nitrogens with one attached hydrogen (secondary N) is 1. The maximum absolute atomic E-state index is 11.5. The van der Waals surface area contributed by atoms with E-state index in [9.17, 15) is 4.79 Å². The predicted octanol–water partition coefficient (Wildman–Crippen LogP) is 5.60. The summed E-state index contributed by atoms with van der Waals surface area (Å²) >= 11 is 18.9. The number of hydrogen-bond donors (Lipinski definition) is 2. The molecule has 0 saturated carbocycles. The number of anilines is 2. The lowest BCUT2D eigenvalue weighted by molar-refractivity contribution is -0.121. The van der Waals surface area contributed by atoms with E-state index in [2.05, 4.69) is 34.2 Å². The third-order valence-electron chi connectivity index (χ3n) is 6.72. The van der Waals surface area contributed by atoms with E-state index in [0.29, 0.717) is 21.1 Å². The van der Waals surface area contributed by atoms with Crippen molar-refractivity contribution >= 4 is 52.1 Å². The quantitative estimate of drug-likeness (QED) is 0.548. The Balaban J connectivity index is 1.39. The van der Waals surface area contributed by atoms with Crippen LogP contribution >= 0.6 is 34.8 Å². The minimum absolute atomic E-state index is 0.00839. The van der Waals surface area contributed by atoms with E-state index in [4.69, 9.17) is 40.5 Å². The molecule has 0 bridgehead atoms. The highest BCUT2D eigenvalue weighted by atomic mass is 35.5. The van der Waals surface area contributed by atoms with Gasteiger partial charge in [0.25, 0.3) is 0 Å². The molecule has 0 radical (unpaired) electrons. The minimum atomic E-state index is -0.166. The van der Waals surface area contributed by atoms with E-state index in [-0.39, 0.29) is 17.9 Å². The number of hydrogen-bond acceptors (Lipinski definition) is 4. The van der Waals surface area contributed by atoms with E-state index in [1.54, 1.807) is 6.07 Å². The first-order valence-electron chi connectivity index (χ1n) is 11.1. The van der Waals surface area contributed by atoms with Gasteiger partial charge in [-0.2, -0.15) is 0 Å². The Bertz CT molecular complexity index is 978. The first-order chi connectivity index (χ1) is 15.3. The Morgan fingerprint density at radius 1 is 1.03 bits per heavy atom. The lowest BCUT2D eigenvalue weighted by Gasteiger charge is -2.38. The molecule has 0 aromatic heterocycles. The smallest absolute Gasteiger partial charge is 0.221 e. The maximum Gasteiger partial charge on any atom is 0.221 e. The summed E-state index contributed by atoms with van der Waals surface area (Å²) in [4.78, 5) is 16.3. The molecule has 2 heterocycles. The summed E-state index contributed by atoms with van der Waals surface area (Å²) in [6.07, 6.45) is 3.04. The number of nitrogens with zero attached hydrogens (tertiary/aromatic N) is 2. The van der Waals surface area contributed by atoms with Crippen LogP contribution in [0.2, 0.25) is 15.1 Å². The van der Waals surface area contributed by atoms with Crippen molar-refractivity contribution in [2.45, 2.75) is 38.3 Å². The Morgan fingerprint density at radius 2 is 1.78 bits per heavy atom. The molecule has 8 heteroatoms. The summed E-state index contributed by atoms with van der Waals surface area (Å²) in [6.45, 7) is 5.78. The molecule has 2 fully saturated rings. The Morgan fingerprint density at radius 3 is 2.44 bits per heavy atom. The number of carbonyl (C=O) groups excluding carboxylic acids is 1. The molecular weight excluding hydrogens is 467 g/mol.